The summed E-state index contributed by atoms with van der Waals surface area (Å²) in [6.45, 7) is 4.75. The number of ether oxygens (including phenoxy) is 1. The summed E-state index contributed by atoms with van der Waals surface area (Å²) in [4.78, 5) is 24.5. The maximum atomic E-state index is 12.5. The van der Waals surface area contributed by atoms with E-state index in [-0.39, 0.29) is 11.9 Å². The Morgan fingerprint density at radius 3 is 2.36 bits per heavy atom. The number of carbonyl (C=O) groups is 2. The molecule has 0 bridgehead atoms. The van der Waals surface area contributed by atoms with Gasteiger partial charge in [-0.2, -0.15) is 11.8 Å². The van der Waals surface area contributed by atoms with Crippen molar-refractivity contribution in [3.05, 3.63) is 35.9 Å². The molecule has 1 aliphatic rings. The summed E-state index contributed by atoms with van der Waals surface area (Å²) in [5.74, 6) is 1.17. The highest BCUT2D eigenvalue weighted by atomic mass is 32.2. The van der Waals surface area contributed by atoms with Crippen molar-refractivity contribution >= 4 is 23.5 Å². The van der Waals surface area contributed by atoms with Crippen molar-refractivity contribution in [2.45, 2.75) is 147 Å². The molecule has 3 atom stereocenters. The quantitative estimate of drug-likeness (QED) is 0.107. The van der Waals surface area contributed by atoms with E-state index in [0.29, 0.717) is 36.2 Å². The molecule has 2 rings (SSSR count). The van der Waals surface area contributed by atoms with Gasteiger partial charge in [-0.05, 0) is 57.4 Å². The lowest BCUT2D eigenvalue weighted by atomic mass is 9.98. The highest BCUT2D eigenvalue weighted by molar-refractivity contribution is 8.00. The molecule has 4 nitrogen and oxygen atoms in total. The predicted octanol–water partition coefficient (Wildman–Crippen LogP) is 8.87. The molecule has 0 aliphatic heterocycles. The van der Waals surface area contributed by atoms with Crippen molar-refractivity contribution in [3.8, 4) is 0 Å². The first kappa shape index (κ1) is 33.9. The topological polar surface area (TPSA) is 63.6 Å². The molecule has 1 aliphatic carbocycles. The number of hydrogen-bond acceptors (Lipinski definition) is 5. The average molecular weight is 561 g/mol. The molecule has 0 radical (unpaired) electrons. The summed E-state index contributed by atoms with van der Waals surface area (Å²) in [7, 11) is 0. The Balaban J connectivity index is 1.49. The molecule has 1 fully saturated rings. The van der Waals surface area contributed by atoms with Gasteiger partial charge in [0.15, 0.2) is 0 Å². The van der Waals surface area contributed by atoms with Gasteiger partial charge in [0.1, 0.15) is 5.78 Å². The minimum Gasteiger partial charge on any atom is -0.466 e. The predicted molar refractivity (Wildman–Crippen MR) is 165 cm³/mol. The van der Waals surface area contributed by atoms with Crippen molar-refractivity contribution < 1.29 is 19.4 Å². The van der Waals surface area contributed by atoms with Crippen LogP contribution in [0.3, 0.4) is 0 Å². The van der Waals surface area contributed by atoms with Gasteiger partial charge in [0.25, 0.3) is 0 Å². The van der Waals surface area contributed by atoms with Crippen molar-refractivity contribution in [2.24, 2.45) is 5.92 Å². The maximum absolute atomic E-state index is 12.5. The van der Waals surface area contributed by atoms with Crippen LogP contribution in [-0.2, 0) is 20.7 Å². The smallest absolute Gasteiger partial charge is 0.305 e. The van der Waals surface area contributed by atoms with E-state index >= 15 is 0 Å². The standard InChI is InChI=1S/C34H56O4S/c1-3-4-5-6-7-8-11-17-27-38-33(36)23-16-10-9-15-22-30-31(35)24-25-32(30)39-28-34(2,37)26-18-21-29-19-13-12-14-20-29/h12-14,19-20,30,32,37H,3-11,15-18,21-28H2,1-2H3. The first-order valence-corrected chi connectivity index (χ1v) is 17.0. The molecule has 1 N–H and O–H groups in total. The van der Waals surface area contributed by atoms with Gasteiger partial charge < -0.3 is 9.84 Å². The third-order valence-electron chi connectivity index (χ3n) is 8.08. The lowest BCUT2D eigenvalue weighted by Crippen LogP contribution is -2.29. The molecule has 3 unspecified atom stereocenters. The largest absolute Gasteiger partial charge is 0.466 e. The van der Waals surface area contributed by atoms with E-state index < -0.39 is 5.60 Å². The normalized spacial score (nSPS) is 18.8. The first-order valence-electron chi connectivity index (χ1n) is 16.0. The summed E-state index contributed by atoms with van der Waals surface area (Å²) < 4.78 is 5.40. The molecule has 0 spiro atoms. The Morgan fingerprint density at radius 2 is 1.62 bits per heavy atom. The van der Waals surface area contributed by atoms with Crippen molar-refractivity contribution in [1.82, 2.24) is 0 Å². The molecule has 1 saturated carbocycles. The van der Waals surface area contributed by atoms with Crippen LogP contribution < -0.4 is 0 Å². The van der Waals surface area contributed by atoms with Crippen LogP contribution >= 0.6 is 11.8 Å². The van der Waals surface area contributed by atoms with Gasteiger partial charge in [-0.3, -0.25) is 9.59 Å². The minimum absolute atomic E-state index is 0.0591. The lowest BCUT2D eigenvalue weighted by molar-refractivity contribution is -0.143. The Labute approximate surface area is 243 Å². The van der Waals surface area contributed by atoms with E-state index in [9.17, 15) is 14.7 Å². The molecular weight excluding hydrogens is 504 g/mol. The van der Waals surface area contributed by atoms with Crippen LogP contribution in [0.2, 0.25) is 0 Å². The Hall–Kier alpha value is -1.33. The average Bonchev–Trinajstić information content (AvgIpc) is 3.28. The zero-order chi connectivity index (χ0) is 28.2. The summed E-state index contributed by atoms with van der Waals surface area (Å²) in [5, 5.41) is 11.2. The van der Waals surface area contributed by atoms with Gasteiger partial charge in [-0.1, -0.05) is 101 Å². The molecule has 0 amide bonds. The third-order valence-corrected chi connectivity index (χ3v) is 9.86. The Kier molecular flexibility index (Phi) is 17.8. The van der Waals surface area contributed by atoms with Crippen molar-refractivity contribution in [2.75, 3.05) is 12.4 Å². The molecule has 222 valence electrons. The van der Waals surface area contributed by atoms with Crippen LogP contribution in [0, 0.1) is 5.92 Å². The molecule has 0 saturated heterocycles. The molecule has 1 aromatic rings. The van der Waals surface area contributed by atoms with Gasteiger partial charge in [0, 0.05) is 29.8 Å². The number of benzene rings is 1. The number of rotatable bonds is 23. The van der Waals surface area contributed by atoms with E-state index in [2.05, 4.69) is 31.2 Å². The fraction of sp³-hybridized carbons (Fsp3) is 0.765. The van der Waals surface area contributed by atoms with E-state index in [0.717, 1.165) is 70.6 Å². The monoisotopic (exact) mass is 560 g/mol. The highest BCUT2D eigenvalue weighted by Gasteiger charge is 2.35. The SMILES string of the molecule is CCCCCCCCCCOC(=O)CCCCCCC1C(=O)CCC1SCC(C)(O)CCCc1ccccc1. The second-order valence-corrected chi connectivity index (χ2v) is 13.2. The van der Waals surface area contributed by atoms with Gasteiger partial charge >= 0.3 is 5.97 Å². The fourth-order valence-electron chi connectivity index (χ4n) is 5.58. The van der Waals surface area contributed by atoms with Gasteiger partial charge in [-0.25, -0.2) is 0 Å². The summed E-state index contributed by atoms with van der Waals surface area (Å²) in [5.41, 5.74) is 0.622. The van der Waals surface area contributed by atoms with Crippen molar-refractivity contribution in [1.29, 1.82) is 0 Å². The second kappa shape index (κ2) is 20.5. The fourth-order valence-corrected chi connectivity index (χ4v) is 7.10. The summed E-state index contributed by atoms with van der Waals surface area (Å²) in [6, 6.07) is 10.4. The number of ketones is 1. The maximum Gasteiger partial charge on any atom is 0.305 e. The number of thioether (sulfide) groups is 1. The minimum atomic E-state index is -0.696. The Bertz CT molecular complexity index is 779. The number of aryl methyl sites for hydroxylation is 1. The molecule has 0 heterocycles. The van der Waals surface area contributed by atoms with E-state index in [1.54, 1.807) is 11.8 Å². The van der Waals surface area contributed by atoms with Crippen LogP contribution in [0.25, 0.3) is 0 Å². The number of carbonyl (C=O) groups excluding carboxylic acids is 2. The van der Waals surface area contributed by atoms with E-state index in [1.807, 2.05) is 13.0 Å². The molecular formula is C34H56O4S. The van der Waals surface area contributed by atoms with Gasteiger partial charge in [0.2, 0.25) is 0 Å². The van der Waals surface area contributed by atoms with Crippen LogP contribution in [0.1, 0.15) is 135 Å². The van der Waals surface area contributed by atoms with Gasteiger partial charge in [-0.15, -0.1) is 0 Å². The van der Waals surface area contributed by atoms with Crippen LogP contribution in [0.4, 0.5) is 0 Å². The number of unbranched alkanes of at least 4 members (excludes halogenated alkanes) is 10. The molecule has 39 heavy (non-hydrogen) atoms. The second-order valence-electron chi connectivity index (χ2n) is 11.9. The van der Waals surface area contributed by atoms with Crippen LogP contribution in [0.5, 0.6) is 0 Å². The number of Topliss-reactive ketones (excluding diaryl/α,β-unsaturated/α-hetero) is 1. The van der Waals surface area contributed by atoms with Crippen LogP contribution in [0.15, 0.2) is 30.3 Å². The number of esters is 1. The highest BCUT2D eigenvalue weighted by Crippen LogP contribution is 2.38. The van der Waals surface area contributed by atoms with Crippen molar-refractivity contribution in [3.63, 3.8) is 0 Å². The Morgan fingerprint density at radius 1 is 0.949 bits per heavy atom. The third kappa shape index (κ3) is 15.9. The van der Waals surface area contributed by atoms with Crippen LogP contribution in [-0.4, -0.2) is 40.1 Å². The number of hydrogen-bond donors (Lipinski definition) is 1. The summed E-state index contributed by atoms with van der Waals surface area (Å²) >= 11 is 1.81. The molecule has 1 aromatic carbocycles. The van der Waals surface area contributed by atoms with E-state index in [4.69, 9.17) is 4.74 Å². The molecule has 0 aromatic heterocycles. The number of aliphatic hydroxyl groups is 1. The molecule has 5 heteroatoms. The summed E-state index contributed by atoms with van der Waals surface area (Å²) in [6.07, 6.45) is 19.8. The zero-order valence-electron chi connectivity index (χ0n) is 25.0. The van der Waals surface area contributed by atoms with Gasteiger partial charge in [0.05, 0.1) is 12.2 Å². The van der Waals surface area contributed by atoms with E-state index in [1.165, 1.54) is 44.1 Å². The lowest BCUT2D eigenvalue weighted by Gasteiger charge is -2.26. The first-order chi connectivity index (χ1) is 18.9. The zero-order valence-corrected chi connectivity index (χ0v) is 25.8.